The van der Waals surface area contributed by atoms with E-state index in [1.165, 1.54) is 16.6 Å². The van der Waals surface area contributed by atoms with Crippen molar-refractivity contribution < 1.29 is 14.3 Å². The van der Waals surface area contributed by atoms with Gasteiger partial charge >= 0.3 is 5.97 Å². The molecular weight excluding hydrogens is 394 g/mol. The van der Waals surface area contributed by atoms with Crippen LogP contribution in [0.15, 0.2) is 11.1 Å². The van der Waals surface area contributed by atoms with Crippen LogP contribution in [0.2, 0.25) is 0 Å². The summed E-state index contributed by atoms with van der Waals surface area (Å²) in [6.45, 7) is 9.37. The summed E-state index contributed by atoms with van der Waals surface area (Å²) in [5, 5.41) is 1.68. The molecule has 2 aromatic heterocycles. The molecule has 3 heterocycles. The first-order chi connectivity index (χ1) is 13.4. The minimum atomic E-state index is -0.235. The lowest BCUT2D eigenvalue weighted by Gasteiger charge is -2.32. The third kappa shape index (κ3) is 4.66. The van der Waals surface area contributed by atoms with Crippen molar-refractivity contribution in [1.29, 1.82) is 0 Å². The van der Waals surface area contributed by atoms with Crippen LogP contribution < -0.4 is 0 Å². The van der Waals surface area contributed by atoms with E-state index in [9.17, 15) is 9.59 Å². The molecule has 0 spiro atoms. The van der Waals surface area contributed by atoms with E-state index in [2.05, 4.69) is 23.0 Å². The maximum Gasteiger partial charge on any atom is 0.309 e. The second-order valence-electron chi connectivity index (χ2n) is 6.97. The highest BCUT2D eigenvalue weighted by Crippen LogP contribution is 2.34. The Kier molecular flexibility index (Phi) is 6.93. The number of rotatable bonds is 6. The maximum atomic E-state index is 12.9. The molecule has 3 rings (SSSR count). The van der Waals surface area contributed by atoms with Crippen LogP contribution in [0.25, 0.3) is 10.2 Å². The summed E-state index contributed by atoms with van der Waals surface area (Å²) in [7, 11) is 0. The van der Waals surface area contributed by atoms with Gasteiger partial charge in [-0.25, -0.2) is 9.97 Å². The molecule has 1 saturated heterocycles. The number of likely N-dealkylation sites (tertiary alicyclic amines) is 1. The summed E-state index contributed by atoms with van der Waals surface area (Å²) in [6, 6.07) is 2.14. The number of thiophene rings is 1. The second kappa shape index (κ2) is 9.22. The molecule has 0 aromatic carbocycles. The van der Waals surface area contributed by atoms with Crippen LogP contribution in [-0.2, 0) is 20.7 Å². The molecule has 0 saturated carbocycles. The van der Waals surface area contributed by atoms with Gasteiger partial charge in [0.2, 0.25) is 5.91 Å². The van der Waals surface area contributed by atoms with Crippen molar-refractivity contribution in [2.24, 2.45) is 5.92 Å². The molecule has 0 radical (unpaired) electrons. The maximum absolute atomic E-state index is 12.9. The van der Waals surface area contributed by atoms with E-state index < -0.39 is 0 Å². The molecule has 0 bridgehead atoms. The van der Waals surface area contributed by atoms with Crippen LogP contribution in [-0.4, -0.2) is 51.7 Å². The monoisotopic (exact) mass is 421 g/mol. The van der Waals surface area contributed by atoms with E-state index in [1.54, 1.807) is 11.3 Å². The third-order valence-corrected chi connectivity index (χ3v) is 7.19. The third-order valence-electron chi connectivity index (χ3n) is 4.93. The van der Waals surface area contributed by atoms with Gasteiger partial charge in [-0.3, -0.25) is 9.59 Å². The number of carbonyl (C=O) groups is 2. The highest BCUT2D eigenvalue weighted by atomic mass is 32.2. The van der Waals surface area contributed by atoms with Crippen LogP contribution in [0.5, 0.6) is 0 Å². The quantitative estimate of drug-likeness (QED) is 0.401. The molecule has 0 N–H and O–H groups in total. The number of ether oxygens (including phenoxy) is 1. The van der Waals surface area contributed by atoms with Gasteiger partial charge in [0.05, 0.1) is 17.8 Å². The van der Waals surface area contributed by atoms with Crippen molar-refractivity contribution in [3.05, 3.63) is 16.8 Å². The standard InChI is InChI=1S/C20H27N3O3S2/c1-5-15-11-16-17(21-13(4)22-18(16)28-15)27-12(3)19(24)23-9-7-14(8-10-23)20(25)26-6-2/h11-12,14H,5-10H2,1-4H3. The molecule has 1 fully saturated rings. The van der Waals surface area contributed by atoms with Crippen LogP contribution in [0.4, 0.5) is 0 Å². The minimum absolute atomic E-state index is 0.0885. The van der Waals surface area contributed by atoms with Gasteiger partial charge in [0.1, 0.15) is 15.7 Å². The summed E-state index contributed by atoms with van der Waals surface area (Å²) in [5.41, 5.74) is 0. The fourth-order valence-corrected chi connectivity index (χ4v) is 5.51. The Morgan fingerprint density at radius 3 is 2.68 bits per heavy atom. The molecule has 1 unspecified atom stereocenters. The molecule has 1 aliphatic rings. The fraction of sp³-hybridized carbons (Fsp3) is 0.600. The first-order valence-corrected chi connectivity index (χ1v) is 11.5. The highest BCUT2D eigenvalue weighted by molar-refractivity contribution is 8.00. The molecule has 1 aliphatic heterocycles. The number of piperidine rings is 1. The van der Waals surface area contributed by atoms with Crippen LogP contribution >= 0.6 is 23.1 Å². The van der Waals surface area contributed by atoms with Gasteiger partial charge in [0.25, 0.3) is 0 Å². The number of hydrogen-bond donors (Lipinski definition) is 0. The molecule has 152 valence electrons. The molecule has 8 heteroatoms. The van der Waals surface area contributed by atoms with E-state index in [0.29, 0.717) is 32.5 Å². The number of nitrogens with zero attached hydrogens (tertiary/aromatic N) is 3. The fourth-order valence-electron chi connectivity index (χ4n) is 3.38. The van der Waals surface area contributed by atoms with Gasteiger partial charge in [-0.05, 0) is 46.1 Å². The second-order valence-corrected chi connectivity index (χ2v) is 9.42. The molecule has 1 amide bonds. The lowest BCUT2D eigenvalue weighted by molar-refractivity contribution is -0.151. The van der Waals surface area contributed by atoms with Gasteiger partial charge in [0, 0.05) is 23.4 Å². The summed E-state index contributed by atoms with van der Waals surface area (Å²) < 4.78 is 5.11. The first-order valence-electron chi connectivity index (χ1n) is 9.82. The van der Waals surface area contributed by atoms with Gasteiger partial charge < -0.3 is 9.64 Å². The highest BCUT2D eigenvalue weighted by Gasteiger charge is 2.30. The number of hydrogen-bond acceptors (Lipinski definition) is 7. The lowest BCUT2D eigenvalue weighted by Crippen LogP contribution is -2.43. The summed E-state index contributed by atoms with van der Waals surface area (Å²) in [6.07, 6.45) is 2.31. The Morgan fingerprint density at radius 2 is 2.04 bits per heavy atom. The van der Waals surface area contributed by atoms with Gasteiger partial charge in [0.15, 0.2) is 0 Å². The van der Waals surface area contributed by atoms with E-state index in [4.69, 9.17) is 4.74 Å². The summed E-state index contributed by atoms with van der Waals surface area (Å²) in [4.78, 5) is 38.1. The zero-order valence-electron chi connectivity index (χ0n) is 16.9. The Bertz CT molecular complexity index is 860. The van der Waals surface area contributed by atoms with Crippen LogP contribution in [0.3, 0.4) is 0 Å². The zero-order valence-corrected chi connectivity index (χ0v) is 18.5. The van der Waals surface area contributed by atoms with Crippen LogP contribution in [0.1, 0.15) is 44.3 Å². The topological polar surface area (TPSA) is 72.4 Å². The lowest BCUT2D eigenvalue weighted by atomic mass is 9.97. The predicted molar refractivity (Wildman–Crippen MR) is 113 cm³/mol. The average Bonchev–Trinajstić information content (AvgIpc) is 3.11. The molecule has 0 aliphatic carbocycles. The number of thioether (sulfide) groups is 1. The predicted octanol–water partition coefficient (Wildman–Crippen LogP) is 3.84. The smallest absolute Gasteiger partial charge is 0.309 e. The molecule has 28 heavy (non-hydrogen) atoms. The van der Waals surface area contributed by atoms with E-state index in [-0.39, 0.29) is 23.0 Å². The molecule has 2 aromatic rings. The zero-order chi connectivity index (χ0) is 20.3. The summed E-state index contributed by atoms with van der Waals surface area (Å²) >= 11 is 3.19. The van der Waals surface area contributed by atoms with E-state index >= 15 is 0 Å². The van der Waals surface area contributed by atoms with Crippen molar-refractivity contribution in [1.82, 2.24) is 14.9 Å². The van der Waals surface area contributed by atoms with Gasteiger partial charge in [-0.1, -0.05) is 18.7 Å². The SMILES string of the molecule is CCOC(=O)C1CCN(C(=O)C(C)Sc2nc(C)nc3sc(CC)cc23)CC1. The van der Waals surface area contributed by atoms with Crippen molar-refractivity contribution in [2.75, 3.05) is 19.7 Å². The largest absolute Gasteiger partial charge is 0.466 e. The Morgan fingerprint density at radius 1 is 1.32 bits per heavy atom. The Balaban J connectivity index is 1.66. The van der Waals surface area contributed by atoms with Gasteiger partial charge in [-0.15, -0.1) is 11.3 Å². The first kappa shape index (κ1) is 21.0. The van der Waals surface area contributed by atoms with Crippen molar-refractivity contribution in [2.45, 2.75) is 57.2 Å². The number of esters is 1. The van der Waals surface area contributed by atoms with E-state index in [1.807, 2.05) is 25.7 Å². The Hall–Kier alpha value is -1.67. The molecule has 1 atom stereocenters. The number of fused-ring (bicyclic) bond motifs is 1. The Labute approximate surface area is 174 Å². The van der Waals surface area contributed by atoms with Crippen LogP contribution in [0, 0.1) is 12.8 Å². The normalized spacial score (nSPS) is 16.4. The summed E-state index contributed by atoms with van der Waals surface area (Å²) in [5.74, 6) is 0.603. The molecule has 6 nitrogen and oxygen atoms in total. The minimum Gasteiger partial charge on any atom is -0.466 e. The molecular formula is C20H27N3O3S2. The van der Waals surface area contributed by atoms with Crippen molar-refractivity contribution in [3.8, 4) is 0 Å². The van der Waals surface area contributed by atoms with E-state index in [0.717, 1.165) is 27.5 Å². The van der Waals surface area contributed by atoms with Gasteiger partial charge in [-0.2, -0.15) is 0 Å². The van der Waals surface area contributed by atoms with Crippen molar-refractivity contribution >= 4 is 45.2 Å². The number of carbonyl (C=O) groups excluding carboxylic acids is 2. The number of aryl methyl sites for hydroxylation is 2. The average molecular weight is 422 g/mol. The number of amides is 1. The van der Waals surface area contributed by atoms with Crippen molar-refractivity contribution in [3.63, 3.8) is 0 Å². The number of aromatic nitrogens is 2.